The largest absolute Gasteiger partial charge is 0.461 e. The number of rotatable bonds is 0. The second kappa shape index (κ2) is 2.94. The van der Waals surface area contributed by atoms with Gasteiger partial charge in [0.25, 0.3) is 0 Å². The van der Waals surface area contributed by atoms with Crippen molar-refractivity contribution in [2.45, 2.75) is 13.8 Å². The molecule has 0 atom stereocenters. The van der Waals surface area contributed by atoms with Crippen LogP contribution in [0.3, 0.4) is 0 Å². The number of halogens is 1. The third-order valence-electron chi connectivity index (χ3n) is 2.32. The molecule has 0 saturated heterocycles. The van der Waals surface area contributed by atoms with E-state index < -0.39 is 5.82 Å². The van der Waals surface area contributed by atoms with Crippen LogP contribution in [0, 0.1) is 19.7 Å². The summed E-state index contributed by atoms with van der Waals surface area (Å²) in [6, 6.07) is 3.95. The van der Waals surface area contributed by atoms with Gasteiger partial charge in [-0.05, 0) is 32.0 Å². The average Bonchev–Trinajstić information content (AvgIpc) is 2.16. The second-order valence-corrected chi connectivity index (χ2v) is 3.25. The zero-order valence-corrected chi connectivity index (χ0v) is 7.93. The van der Waals surface area contributed by atoms with E-state index in [-0.39, 0.29) is 5.43 Å². The van der Waals surface area contributed by atoms with E-state index in [1.165, 1.54) is 18.2 Å². The SMILES string of the molecule is Cc1oc2ccc(F)cc2c(=O)c1C. The third kappa shape index (κ3) is 1.21. The molecule has 2 aromatic rings. The van der Waals surface area contributed by atoms with E-state index in [1.807, 2.05) is 0 Å². The molecular formula is C11H9FO2. The first-order valence-corrected chi connectivity index (χ1v) is 4.29. The number of hydrogen-bond donors (Lipinski definition) is 0. The fourth-order valence-electron chi connectivity index (χ4n) is 1.37. The van der Waals surface area contributed by atoms with Gasteiger partial charge in [-0.1, -0.05) is 0 Å². The highest BCUT2D eigenvalue weighted by Crippen LogP contribution is 2.15. The zero-order chi connectivity index (χ0) is 10.3. The molecule has 3 heteroatoms. The van der Waals surface area contributed by atoms with Crippen molar-refractivity contribution < 1.29 is 8.81 Å². The van der Waals surface area contributed by atoms with Crippen LogP contribution < -0.4 is 5.43 Å². The minimum Gasteiger partial charge on any atom is -0.461 e. The summed E-state index contributed by atoms with van der Waals surface area (Å²) in [6.45, 7) is 3.39. The van der Waals surface area contributed by atoms with E-state index in [0.717, 1.165) is 0 Å². The summed E-state index contributed by atoms with van der Waals surface area (Å²) < 4.78 is 18.2. The Morgan fingerprint density at radius 1 is 1.29 bits per heavy atom. The van der Waals surface area contributed by atoms with Crippen molar-refractivity contribution in [3.8, 4) is 0 Å². The first kappa shape index (κ1) is 8.94. The van der Waals surface area contributed by atoms with Crippen LogP contribution in [0.4, 0.5) is 4.39 Å². The van der Waals surface area contributed by atoms with E-state index in [4.69, 9.17) is 4.42 Å². The molecule has 0 spiro atoms. The highest BCUT2D eigenvalue weighted by molar-refractivity contribution is 5.77. The molecule has 14 heavy (non-hydrogen) atoms. The Morgan fingerprint density at radius 2 is 2.00 bits per heavy atom. The maximum absolute atomic E-state index is 12.9. The number of aryl methyl sites for hydroxylation is 1. The van der Waals surface area contributed by atoms with Gasteiger partial charge in [0.05, 0.1) is 5.39 Å². The molecule has 0 saturated carbocycles. The monoisotopic (exact) mass is 192 g/mol. The maximum Gasteiger partial charge on any atom is 0.195 e. The van der Waals surface area contributed by atoms with Gasteiger partial charge in [-0.25, -0.2) is 4.39 Å². The van der Waals surface area contributed by atoms with Crippen LogP contribution in [0.5, 0.6) is 0 Å². The molecule has 0 unspecified atom stereocenters. The smallest absolute Gasteiger partial charge is 0.195 e. The van der Waals surface area contributed by atoms with Gasteiger partial charge < -0.3 is 4.42 Å². The molecule has 1 heterocycles. The van der Waals surface area contributed by atoms with Crippen LogP contribution >= 0.6 is 0 Å². The van der Waals surface area contributed by atoms with Crippen molar-refractivity contribution in [1.82, 2.24) is 0 Å². The fourth-order valence-corrected chi connectivity index (χ4v) is 1.37. The van der Waals surface area contributed by atoms with Crippen molar-refractivity contribution in [1.29, 1.82) is 0 Å². The molecule has 0 radical (unpaired) electrons. The molecule has 2 rings (SSSR count). The van der Waals surface area contributed by atoms with Gasteiger partial charge in [0.15, 0.2) is 5.43 Å². The van der Waals surface area contributed by atoms with Gasteiger partial charge in [0, 0.05) is 5.56 Å². The number of hydrogen-bond acceptors (Lipinski definition) is 2. The molecule has 1 aromatic heterocycles. The van der Waals surface area contributed by atoms with E-state index in [9.17, 15) is 9.18 Å². The second-order valence-electron chi connectivity index (χ2n) is 3.25. The summed E-state index contributed by atoms with van der Waals surface area (Å²) in [4.78, 5) is 11.7. The van der Waals surface area contributed by atoms with Crippen molar-refractivity contribution in [3.05, 3.63) is 45.6 Å². The number of fused-ring (bicyclic) bond motifs is 1. The molecule has 0 amide bonds. The first-order chi connectivity index (χ1) is 6.59. The molecule has 0 aliphatic heterocycles. The summed E-state index contributed by atoms with van der Waals surface area (Å²) in [7, 11) is 0. The Morgan fingerprint density at radius 3 is 2.71 bits per heavy atom. The van der Waals surface area contributed by atoms with Crippen molar-refractivity contribution in [2.24, 2.45) is 0 Å². The molecule has 2 nitrogen and oxygen atoms in total. The fraction of sp³-hybridized carbons (Fsp3) is 0.182. The Balaban J connectivity index is 2.99. The Hall–Kier alpha value is -1.64. The summed E-state index contributed by atoms with van der Waals surface area (Å²) in [5.41, 5.74) is 0.797. The van der Waals surface area contributed by atoms with E-state index >= 15 is 0 Å². The van der Waals surface area contributed by atoms with Crippen LogP contribution in [0.1, 0.15) is 11.3 Å². The number of benzene rings is 1. The van der Waals surface area contributed by atoms with Gasteiger partial charge in [-0.15, -0.1) is 0 Å². The van der Waals surface area contributed by atoms with Gasteiger partial charge in [-0.2, -0.15) is 0 Å². The van der Waals surface area contributed by atoms with E-state index in [1.54, 1.807) is 13.8 Å². The summed E-state index contributed by atoms with van der Waals surface area (Å²) in [5, 5.41) is 0.299. The van der Waals surface area contributed by atoms with Crippen LogP contribution in [-0.4, -0.2) is 0 Å². The van der Waals surface area contributed by atoms with Crippen LogP contribution in [0.15, 0.2) is 27.4 Å². The predicted molar refractivity (Wildman–Crippen MR) is 51.9 cm³/mol. The third-order valence-corrected chi connectivity index (χ3v) is 2.32. The van der Waals surface area contributed by atoms with Crippen LogP contribution in [0.25, 0.3) is 11.0 Å². The van der Waals surface area contributed by atoms with Gasteiger partial charge >= 0.3 is 0 Å². The van der Waals surface area contributed by atoms with Crippen molar-refractivity contribution in [3.63, 3.8) is 0 Å². The van der Waals surface area contributed by atoms with Crippen molar-refractivity contribution >= 4 is 11.0 Å². The minimum atomic E-state index is -0.423. The quantitative estimate of drug-likeness (QED) is 0.642. The lowest BCUT2D eigenvalue weighted by Gasteiger charge is -2.01. The van der Waals surface area contributed by atoms with Gasteiger partial charge in [0.1, 0.15) is 17.2 Å². The minimum absolute atomic E-state index is 0.164. The summed E-state index contributed by atoms with van der Waals surface area (Å²) in [6.07, 6.45) is 0. The summed E-state index contributed by atoms with van der Waals surface area (Å²) >= 11 is 0. The molecule has 72 valence electrons. The maximum atomic E-state index is 12.9. The lowest BCUT2D eigenvalue weighted by molar-refractivity contribution is 0.556. The normalized spacial score (nSPS) is 10.8. The van der Waals surface area contributed by atoms with Gasteiger partial charge in [-0.3, -0.25) is 4.79 Å². The Labute approximate surface area is 80.0 Å². The van der Waals surface area contributed by atoms with Crippen LogP contribution in [-0.2, 0) is 0 Å². The molecule has 0 aliphatic rings. The molecule has 0 bridgehead atoms. The zero-order valence-electron chi connectivity index (χ0n) is 7.93. The van der Waals surface area contributed by atoms with Crippen molar-refractivity contribution in [2.75, 3.05) is 0 Å². The molecule has 0 N–H and O–H groups in total. The lowest BCUT2D eigenvalue weighted by Crippen LogP contribution is -2.07. The topological polar surface area (TPSA) is 30.2 Å². The van der Waals surface area contributed by atoms with Crippen LogP contribution in [0.2, 0.25) is 0 Å². The summed E-state index contributed by atoms with van der Waals surface area (Å²) in [5.74, 6) is 0.155. The highest BCUT2D eigenvalue weighted by Gasteiger charge is 2.07. The Kier molecular flexibility index (Phi) is 1.88. The van der Waals surface area contributed by atoms with E-state index in [0.29, 0.717) is 22.3 Å². The first-order valence-electron chi connectivity index (χ1n) is 4.29. The average molecular weight is 192 g/mol. The molecule has 1 aromatic carbocycles. The van der Waals surface area contributed by atoms with E-state index in [2.05, 4.69) is 0 Å². The molecule has 0 aliphatic carbocycles. The predicted octanol–water partition coefficient (Wildman–Crippen LogP) is 2.55. The standard InChI is InChI=1S/C11H9FO2/c1-6-7(2)14-10-4-3-8(12)5-9(10)11(6)13/h3-5H,1-2H3. The van der Waals surface area contributed by atoms with Gasteiger partial charge in [0.2, 0.25) is 0 Å². The lowest BCUT2D eigenvalue weighted by atomic mass is 10.1. The molecular weight excluding hydrogens is 183 g/mol. The Bertz CT molecular complexity index is 555. The highest BCUT2D eigenvalue weighted by atomic mass is 19.1. The molecule has 0 fully saturated rings.